The van der Waals surface area contributed by atoms with Gasteiger partial charge in [0.1, 0.15) is 0 Å². The van der Waals surface area contributed by atoms with Gasteiger partial charge in [0, 0.05) is 23.0 Å². The van der Waals surface area contributed by atoms with Gasteiger partial charge in [-0.1, -0.05) is 35.3 Å². The van der Waals surface area contributed by atoms with Crippen LogP contribution in [0.25, 0.3) is 11.4 Å². The molecule has 1 unspecified atom stereocenters. The van der Waals surface area contributed by atoms with E-state index in [0.717, 1.165) is 18.5 Å². The quantitative estimate of drug-likeness (QED) is 0.937. The highest BCUT2D eigenvalue weighted by Crippen LogP contribution is 2.20. The van der Waals surface area contributed by atoms with E-state index in [1.54, 1.807) is 0 Å². The highest BCUT2D eigenvalue weighted by Gasteiger charge is 2.17. The van der Waals surface area contributed by atoms with Crippen molar-refractivity contribution < 1.29 is 4.52 Å². The van der Waals surface area contributed by atoms with Crippen LogP contribution in [0.5, 0.6) is 0 Å². The molecule has 1 saturated heterocycles. The van der Waals surface area contributed by atoms with Gasteiger partial charge in [0.2, 0.25) is 11.7 Å². The molecule has 3 rings (SSSR count). The molecule has 4 nitrogen and oxygen atoms in total. The Labute approximate surface area is 117 Å². The molecule has 1 aliphatic rings. The molecule has 1 aromatic carbocycles. The van der Waals surface area contributed by atoms with E-state index >= 15 is 0 Å². The predicted octanol–water partition coefficient (Wildman–Crippen LogP) is 3.07. The third kappa shape index (κ3) is 3.14. The minimum atomic E-state index is 0.460. The fourth-order valence-electron chi connectivity index (χ4n) is 2.39. The third-order valence-electron chi connectivity index (χ3n) is 3.38. The van der Waals surface area contributed by atoms with Crippen molar-refractivity contribution in [1.29, 1.82) is 0 Å². The number of rotatable bonds is 3. The molecule has 0 radical (unpaired) electrons. The Balaban J connectivity index is 1.72. The summed E-state index contributed by atoms with van der Waals surface area (Å²) in [6.45, 7) is 1.08. The third-order valence-corrected chi connectivity index (χ3v) is 3.62. The van der Waals surface area contributed by atoms with Gasteiger partial charge < -0.3 is 9.84 Å². The summed E-state index contributed by atoms with van der Waals surface area (Å²) in [5, 5.41) is 8.18. The van der Waals surface area contributed by atoms with E-state index in [0.29, 0.717) is 22.8 Å². The fraction of sp³-hybridized carbons (Fsp3) is 0.429. The number of aromatic nitrogens is 2. The number of nitrogens with one attached hydrogen (secondary N) is 1. The fourth-order valence-corrected chi connectivity index (χ4v) is 2.58. The molecule has 19 heavy (non-hydrogen) atoms. The summed E-state index contributed by atoms with van der Waals surface area (Å²) in [5.41, 5.74) is 0.888. The first kappa shape index (κ1) is 12.6. The molecule has 1 aliphatic heterocycles. The summed E-state index contributed by atoms with van der Waals surface area (Å²) in [7, 11) is 0. The SMILES string of the molecule is Clc1cccc(-c2noc(CC3CCCCN3)n2)c1. The minimum absolute atomic E-state index is 0.460. The summed E-state index contributed by atoms with van der Waals surface area (Å²) < 4.78 is 5.32. The molecule has 0 aliphatic carbocycles. The molecule has 1 N–H and O–H groups in total. The van der Waals surface area contributed by atoms with Crippen LogP contribution in [0.1, 0.15) is 25.2 Å². The number of benzene rings is 1. The van der Waals surface area contributed by atoms with Crippen molar-refractivity contribution in [3.05, 3.63) is 35.2 Å². The van der Waals surface area contributed by atoms with Crippen LogP contribution >= 0.6 is 11.6 Å². The molecule has 2 aromatic rings. The highest BCUT2D eigenvalue weighted by atomic mass is 35.5. The van der Waals surface area contributed by atoms with Crippen molar-refractivity contribution in [1.82, 2.24) is 15.5 Å². The van der Waals surface area contributed by atoms with Crippen molar-refractivity contribution in [2.24, 2.45) is 0 Å². The summed E-state index contributed by atoms with van der Waals surface area (Å²) in [5.74, 6) is 1.29. The first-order valence-electron chi connectivity index (χ1n) is 6.63. The van der Waals surface area contributed by atoms with E-state index in [1.165, 1.54) is 19.3 Å². The second-order valence-corrected chi connectivity index (χ2v) is 5.31. The number of hydrogen-bond donors (Lipinski definition) is 1. The zero-order chi connectivity index (χ0) is 13.1. The van der Waals surface area contributed by atoms with Crippen molar-refractivity contribution in [3.63, 3.8) is 0 Å². The van der Waals surface area contributed by atoms with Crippen LogP contribution in [0.2, 0.25) is 5.02 Å². The Bertz CT molecular complexity index is 549. The summed E-state index contributed by atoms with van der Waals surface area (Å²) in [6.07, 6.45) is 4.50. The average molecular weight is 278 g/mol. The lowest BCUT2D eigenvalue weighted by Gasteiger charge is -2.21. The van der Waals surface area contributed by atoms with Gasteiger partial charge in [-0.05, 0) is 31.5 Å². The monoisotopic (exact) mass is 277 g/mol. The largest absolute Gasteiger partial charge is 0.339 e. The van der Waals surface area contributed by atoms with E-state index in [2.05, 4.69) is 15.5 Å². The summed E-state index contributed by atoms with van der Waals surface area (Å²) in [4.78, 5) is 4.44. The molecule has 1 atom stereocenters. The lowest BCUT2D eigenvalue weighted by Crippen LogP contribution is -2.35. The smallest absolute Gasteiger partial charge is 0.228 e. The number of piperidine rings is 1. The van der Waals surface area contributed by atoms with Crippen LogP contribution in [-0.4, -0.2) is 22.7 Å². The molecular weight excluding hydrogens is 262 g/mol. The topological polar surface area (TPSA) is 51.0 Å². The maximum atomic E-state index is 5.96. The second kappa shape index (κ2) is 5.72. The molecule has 5 heteroatoms. The first-order valence-corrected chi connectivity index (χ1v) is 7.01. The minimum Gasteiger partial charge on any atom is -0.339 e. The molecule has 2 heterocycles. The molecule has 100 valence electrons. The Kier molecular flexibility index (Phi) is 3.80. The average Bonchev–Trinajstić information content (AvgIpc) is 2.88. The standard InChI is InChI=1S/C14H16ClN3O/c15-11-5-3-4-10(8-11)14-17-13(19-18-14)9-12-6-1-2-7-16-12/h3-5,8,12,16H,1-2,6-7,9H2. The Morgan fingerprint density at radius 1 is 1.37 bits per heavy atom. The molecule has 0 spiro atoms. The van der Waals surface area contributed by atoms with Gasteiger partial charge in [-0.25, -0.2) is 0 Å². The maximum Gasteiger partial charge on any atom is 0.228 e. The van der Waals surface area contributed by atoms with Gasteiger partial charge >= 0.3 is 0 Å². The van der Waals surface area contributed by atoms with Crippen LogP contribution in [-0.2, 0) is 6.42 Å². The van der Waals surface area contributed by atoms with E-state index in [9.17, 15) is 0 Å². The summed E-state index contributed by atoms with van der Waals surface area (Å²) in [6, 6.07) is 7.95. The molecule has 1 fully saturated rings. The van der Waals surface area contributed by atoms with Crippen LogP contribution in [0.15, 0.2) is 28.8 Å². The van der Waals surface area contributed by atoms with Gasteiger partial charge in [0.05, 0.1) is 0 Å². The number of nitrogens with zero attached hydrogens (tertiary/aromatic N) is 2. The Hall–Kier alpha value is -1.39. The molecule has 0 saturated carbocycles. The van der Waals surface area contributed by atoms with Crippen molar-refractivity contribution in [2.45, 2.75) is 31.7 Å². The van der Waals surface area contributed by atoms with Gasteiger partial charge in [0.25, 0.3) is 0 Å². The van der Waals surface area contributed by atoms with E-state index in [-0.39, 0.29) is 0 Å². The number of halogens is 1. The molecule has 0 amide bonds. The van der Waals surface area contributed by atoms with Crippen molar-refractivity contribution in [3.8, 4) is 11.4 Å². The van der Waals surface area contributed by atoms with Gasteiger partial charge in [-0.15, -0.1) is 0 Å². The predicted molar refractivity (Wildman–Crippen MR) is 74.1 cm³/mol. The lowest BCUT2D eigenvalue weighted by atomic mass is 10.0. The molecular formula is C14H16ClN3O. The lowest BCUT2D eigenvalue weighted by molar-refractivity contribution is 0.332. The van der Waals surface area contributed by atoms with Crippen LogP contribution in [0.3, 0.4) is 0 Å². The highest BCUT2D eigenvalue weighted by molar-refractivity contribution is 6.30. The van der Waals surface area contributed by atoms with Gasteiger partial charge in [-0.3, -0.25) is 0 Å². The van der Waals surface area contributed by atoms with Crippen LogP contribution < -0.4 is 5.32 Å². The van der Waals surface area contributed by atoms with Crippen LogP contribution in [0.4, 0.5) is 0 Å². The zero-order valence-electron chi connectivity index (χ0n) is 10.6. The number of hydrogen-bond acceptors (Lipinski definition) is 4. The van der Waals surface area contributed by atoms with E-state index in [1.807, 2.05) is 24.3 Å². The van der Waals surface area contributed by atoms with E-state index < -0.39 is 0 Å². The van der Waals surface area contributed by atoms with Gasteiger partial charge in [0.15, 0.2) is 0 Å². The maximum absolute atomic E-state index is 5.96. The van der Waals surface area contributed by atoms with Gasteiger partial charge in [-0.2, -0.15) is 4.98 Å². The molecule has 1 aromatic heterocycles. The summed E-state index contributed by atoms with van der Waals surface area (Å²) >= 11 is 5.96. The zero-order valence-corrected chi connectivity index (χ0v) is 11.4. The first-order chi connectivity index (χ1) is 9.31. The Morgan fingerprint density at radius 3 is 3.11 bits per heavy atom. The van der Waals surface area contributed by atoms with E-state index in [4.69, 9.17) is 16.1 Å². The normalized spacial score (nSPS) is 19.5. The van der Waals surface area contributed by atoms with Crippen molar-refractivity contribution in [2.75, 3.05) is 6.54 Å². The second-order valence-electron chi connectivity index (χ2n) is 4.87. The van der Waals surface area contributed by atoms with Crippen molar-refractivity contribution >= 4 is 11.6 Å². The molecule has 0 bridgehead atoms. The van der Waals surface area contributed by atoms with Crippen LogP contribution in [0, 0.1) is 0 Å². The Morgan fingerprint density at radius 2 is 2.32 bits per heavy atom.